The zero-order valence-corrected chi connectivity index (χ0v) is 17.2. The van der Waals surface area contributed by atoms with Gasteiger partial charge in [0.05, 0.1) is 4.91 Å². The molecule has 0 unspecified atom stereocenters. The average molecular weight is 424 g/mol. The van der Waals surface area contributed by atoms with E-state index in [-0.39, 0.29) is 23.1 Å². The highest BCUT2D eigenvalue weighted by Gasteiger charge is 2.37. The summed E-state index contributed by atoms with van der Waals surface area (Å²) in [6.07, 6.45) is 3.41. The van der Waals surface area contributed by atoms with Gasteiger partial charge in [0.15, 0.2) is 5.78 Å². The lowest BCUT2D eigenvalue weighted by molar-refractivity contribution is -0.135. The van der Waals surface area contributed by atoms with Crippen LogP contribution in [0.4, 0.5) is 4.79 Å². The number of ketones is 1. The van der Waals surface area contributed by atoms with E-state index in [1.54, 1.807) is 41.3 Å². The van der Waals surface area contributed by atoms with Crippen molar-refractivity contribution in [1.82, 2.24) is 9.80 Å². The van der Waals surface area contributed by atoms with Crippen LogP contribution in [0.5, 0.6) is 0 Å². The largest absolute Gasteiger partial charge is 0.457 e. The van der Waals surface area contributed by atoms with Gasteiger partial charge in [0.2, 0.25) is 5.91 Å². The highest BCUT2D eigenvalue weighted by Crippen LogP contribution is 2.33. The molecule has 2 saturated heterocycles. The van der Waals surface area contributed by atoms with Gasteiger partial charge in [0.1, 0.15) is 18.1 Å². The third-order valence-electron chi connectivity index (χ3n) is 5.10. The first kappa shape index (κ1) is 20.2. The van der Waals surface area contributed by atoms with Gasteiger partial charge in [-0.05, 0) is 43.7 Å². The summed E-state index contributed by atoms with van der Waals surface area (Å²) in [6, 6.07) is 10.5. The first-order valence-corrected chi connectivity index (χ1v) is 10.5. The minimum absolute atomic E-state index is 0.0133. The normalized spacial score (nSPS) is 18.0. The van der Waals surface area contributed by atoms with E-state index < -0.39 is 11.1 Å². The molecule has 0 bridgehead atoms. The molecule has 8 heteroatoms. The van der Waals surface area contributed by atoms with E-state index in [4.69, 9.17) is 4.42 Å². The maximum absolute atomic E-state index is 12.6. The van der Waals surface area contributed by atoms with Crippen molar-refractivity contribution < 1.29 is 23.6 Å². The Balaban J connectivity index is 1.47. The summed E-state index contributed by atoms with van der Waals surface area (Å²) in [7, 11) is 0. The zero-order chi connectivity index (χ0) is 21.3. The van der Waals surface area contributed by atoms with Gasteiger partial charge in [-0.3, -0.25) is 24.1 Å². The number of likely N-dealkylation sites (tertiary alicyclic amines) is 1. The Hall–Kier alpha value is -3.13. The Bertz CT molecular complexity index is 1050. The number of benzene rings is 1. The van der Waals surface area contributed by atoms with Crippen LogP contribution in [0, 0.1) is 0 Å². The molecule has 0 saturated carbocycles. The Morgan fingerprint density at radius 1 is 1.07 bits per heavy atom. The highest BCUT2D eigenvalue weighted by atomic mass is 32.2. The van der Waals surface area contributed by atoms with Gasteiger partial charge >= 0.3 is 0 Å². The van der Waals surface area contributed by atoms with Crippen LogP contribution < -0.4 is 0 Å². The molecular formula is C22H20N2O5S. The van der Waals surface area contributed by atoms with Crippen LogP contribution in [0.15, 0.2) is 45.7 Å². The Labute approximate surface area is 177 Å². The molecule has 30 heavy (non-hydrogen) atoms. The van der Waals surface area contributed by atoms with Crippen LogP contribution in [0.25, 0.3) is 17.4 Å². The van der Waals surface area contributed by atoms with Gasteiger partial charge < -0.3 is 9.32 Å². The molecule has 4 rings (SSSR count). The number of nitrogens with zero attached hydrogens (tertiary/aromatic N) is 2. The monoisotopic (exact) mass is 424 g/mol. The number of hydrogen-bond donors (Lipinski definition) is 0. The van der Waals surface area contributed by atoms with E-state index in [0.717, 1.165) is 35.1 Å². The second-order valence-electron chi connectivity index (χ2n) is 7.19. The van der Waals surface area contributed by atoms with E-state index in [1.807, 2.05) is 0 Å². The van der Waals surface area contributed by atoms with Crippen molar-refractivity contribution in [1.29, 1.82) is 0 Å². The molecule has 2 aromatic rings. The van der Waals surface area contributed by atoms with Crippen molar-refractivity contribution in [3.63, 3.8) is 0 Å². The van der Waals surface area contributed by atoms with Gasteiger partial charge in [-0.2, -0.15) is 0 Å². The molecular weight excluding hydrogens is 404 g/mol. The van der Waals surface area contributed by atoms with Crippen LogP contribution in [-0.2, 0) is 9.59 Å². The third-order valence-corrected chi connectivity index (χ3v) is 6.01. The fourth-order valence-electron chi connectivity index (χ4n) is 3.42. The third kappa shape index (κ3) is 4.09. The van der Waals surface area contributed by atoms with E-state index in [0.29, 0.717) is 30.2 Å². The van der Waals surface area contributed by atoms with E-state index in [2.05, 4.69) is 0 Å². The van der Waals surface area contributed by atoms with Gasteiger partial charge in [0.25, 0.3) is 11.1 Å². The summed E-state index contributed by atoms with van der Waals surface area (Å²) < 4.78 is 5.78. The summed E-state index contributed by atoms with van der Waals surface area (Å²) >= 11 is 0.802. The predicted molar refractivity (Wildman–Crippen MR) is 113 cm³/mol. The van der Waals surface area contributed by atoms with Crippen LogP contribution in [0.1, 0.15) is 35.9 Å². The molecule has 0 N–H and O–H groups in total. The molecule has 154 valence electrons. The molecule has 1 aromatic carbocycles. The van der Waals surface area contributed by atoms with Crippen molar-refractivity contribution in [2.75, 3.05) is 19.6 Å². The number of rotatable bonds is 5. The van der Waals surface area contributed by atoms with Crippen molar-refractivity contribution in [3.8, 4) is 11.3 Å². The molecule has 0 radical (unpaired) electrons. The lowest BCUT2D eigenvalue weighted by atomic mass is 10.1. The number of thioether (sulfide) groups is 1. The molecule has 1 aromatic heterocycles. The quantitative estimate of drug-likeness (QED) is 0.536. The maximum atomic E-state index is 12.6. The minimum atomic E-state index is -0.485. The van der Waals surface area contributed by atoms with Crippen molar-refractivity contribution in [2.24, 2.45) is 0 Å². The summed E-state index contributed by atoms with van der Waals surface area (Å²) in [5, 5.41) is -0.453. The number of furan rings is 1. The molecule has 0 aliphatic carbocycles. The molecule has 2 aliphatic heterocycles. The van der Waals surface area contributed by atoms with E-state index >= 15 is 0 Å². The first-order valence-electron chi connectivity index (χ1n) is 9.67. The summed E-state index contributed by atoms with van der Waals surface area (Å²) in [5.74, 6) is 0.309. The topological polar surface area (TPSA) is 87.9 Å². The lowest BCUT2D eigenvalue weighted by Crippen LogP contribution is -2.40. The zero-order valence-electron chi connectivity index (χ0n) is 16.4. The van der Waals surface area contributed by atoms with Crippen LogP contribution in [-0.4, -0.2) is 52.3 Å². The van der Waals surface area contributed by atoms with Gasteiger partial charge in [-0.25, -0.2) is 0 Å². The van der Waals surface area contributed by atoms with Crippen molar-refractivity contribution in [3.05, 3.63) is 52.6 Å². The lowest BCUT2D eigenvalue weighted by Gasteiger charge is -2.18. The number of hydrogen-bond acceptors (Lipinski definition) is 6. The fraction of sp³-hybridized carbons (Fsp3) is 0.273. The molecule has 3 heterocycles. The summed E-state index contributed by atoms with van der Waals surface area (Å²) in [4.78, 5) is 51.5. The Kier molecular flexibility index (Phi) is 5.59. The van der Waals surface area contributed by atoms with Crippen LogP contribution >= 0.6 is 11.8 Å². The second-order valence-corrected chi connectivity index (χ2v) is 8.18. The minimum Gasteiger partial charge on any atom is -0.457 e. The number of Topliss-reactive ketones (excluding diaryl/α,β-unsaturated/α-hetero) is 1. The molecule has 2 aliphatic rings. The average Bonchev–Trinajstić information content (AvgIpc) is 3.47. The number of amides is 3. The molecule has 7 nitrogen and oxygen atoms in total. The number of carbonyl (C=O) groups excluding carboxylic acids is 4. The standard InChI is InChI=1S/C22H20N2O5S/c1-14(25)15-4-6-16(7-5-15)18-9-8-17(29-18)12-19-21(27)24(22(28)30-19)13-20(26)23-10-2-3-11-23/h4-9,12H,2-3,10-11,13H2,1H3. The maximum Gasteiger partial charge on any atom is 0.294 e. The predicted octanol–water partition coefficient (Wildman–Crippen LogP) is 3.81. The molecule has 3 amide bonds. The molecule has 2 fully saturated rings. The van der Waals surface area contributed by atoms with Crippen LogP contribution in [0.3, 0.4) is 0 Å². The van der Waals surface area contributed by atoms with Gasteiger partial charge in [-0.1, -0.05) is 24.3 Å². The second kappa shape index (κ2) is 8.31. The fourth-order valence-corrected chi connectivity index (χ4v) is 4.24. The van der Waals surface area contributed by atoms with E-state index in [9.17, 15) is 19.2 Å². The Morgan fingerprint density at radius 2 is 1.77 bits per heavy atom. The van der Waals surface area contributed by atoms with Gasteiger partial charge in [-0.15, -0.1) is 0 Å². The van der Waals surface area contributed by atoms with E-state index in [1.165, 1.54) is 13.0 Å². The smallest absolute Gasteiger partial charge is 0.294 e. The molecule has 0 atom stereocenters. The first-order chi connectivity index (χ1) is 14.4. The summed E-state index contributed by atoms with van der Waals surface area (Å²) in [6.45, 7) is 2.63. The summed E-state index contributed by atoms with van der Waals surface area (Å²) in [5.41, 5.74) is 1.41. The van der Waals surface area contributed by atoms with Gasteiger partial charge in [0, 0.05) is 30.3 Å². The van der Waals surface area contributed by atoms with Crippen molar-refractivity contribution in [2.45, 2.75) is 19.8 Å². The SMILES string of the molecule is CC(=O)c1ccc(-c2ccc(C=C3SC(=O)N(CC(=O)N4CCCC4)C3=O)o2)cc1. The Morgan fingerprint density at radius 3 is 2.43 bits per heavy atom. The van der Waals surface area contributed by atoms with Crippen molar-refractivity contribution >= 4 is 40.7 Å². The number of carbonyl (C=O) groups is 4. The molecule has 0 spiro atoms. The van der Waals surface area contributed by atoms with Crippen LogP contribution in [0.2, 0.25) is 0 Å². The highest BCUT2D eigenvalue weighted by molar-refractivity contribution is 8.18. The number of imide groups is 1.